The van der Waals surface area contributed by atoms with Gasteiger partial charge in [0.25, 0.3) is 0 Å². The fraction of sp³-hybridized carbons (Fsp3) is 0.286. The maximum absolute atomic E-state index is 3.61. The zero-order chi connectivity index (χ0) is 12.3. The van der Waals surface area contributed by atoms with Crippen LogP contribution < -0.4 is 5.32 Å². The number of anilines is 1. The summed E-state index contributed by atoms with van der Waals surface area (Å²) in [4.78, 5) is 2.83. The Morgan fingerprint density at radius 2 is 1.94 bits per heavy atom. The summed E-state index contributed by atoms with van der Waals surface area (Å²) in [5.74, 6) is 0. The normalized spacial score (nSPS) is 10.5. The molecule has 0 aliphatic carbocycles. The third kappa shape index (κ3) is 3.11. The Morgan fingerprint density at radius 3 is 2.65 bits per heavy atom. The third-order valence-electron chi connectivity index (χ3n) is 2.71. The largest absolute Gasteiger partial charge is 0.379 e. The summed E-state index contributed by atoms with van der Waals surface area (Å²) >= 11 is 5.50. The first-order valence-corrected chi connectivity index (χ1v) is 7.38. The predicted octanol–water partition coefficient (Wildman–Crippen LogP) is 4.99. The Bertz CT molecular complexity index is 505. The lowest BCUT2D eigenvalue weighted by Crippen LogP contribution is -1.98. The maximum atomic E-state index is 3.61. The molecule has 1 aromatic carbocycles. The summed E-state index contributed by atoms with van der Waals surface area (Å²) in [6.07, 6.45) is 1.12. The highest BCUT2D eigenvalue weighted by molar-refractivity contribution is 9.10. The minimum Gasteiger partial charge on any atom is -0.379 e. The molecule has 90 valence electrons. The van der Waals surface area contributed by atoms with Crippen molar-refractivity contribution in [2.45, 2.75) is 26.8 Å². The highest BCUT2D eigenvalue weighted by Crippen LogP contribution is 2.27. The molecule has 0 amide bonds. The van der Waals surface area contributed by atoms with Gasteiger partial charge in [0.15, 0.2) is 0 Å². The van der Waals surface area contributed by atoms with Crippen LogP contribution in [0.2, 0.25) is 0 Å². The van der Waals surface area contributed by atoms with Gasteiger partial charge in [-0.3, -0.25) is 0 Å². The number of aryl methyl sites for hydroxylation is 2. The molecule has 1 N–H and O–H groups in total. The molecule has 0 saturated heterocycles. The molecule has 0 aliphatic rings. The van der Waals surface area contributed by atoms with E-state index in [1.807, 2.05) is 11.3 Å². The van der Waals surface area contributed by atoms with E-state index in [0.29, 0.717) is 0 Å². The Balaban J connectivity index is 2.04. The van der Waals surface area contributed by atoms with E-state index < -0.39 is 0 Å². The van der Waals surface area contributed by atoms with E-state index in [1.54, 1.807) is 0 Å². The van der Waals surface area contributed by atoms with Crippen molar-refractivity contribution in [3.63, 3.8) is 0 Å². The van der Waals surface area contributed by atoms with Gasteiger partial charge in [0, 0.05) is 26.5 Å². The monoisotopic (exact) mass is 309 g/mol. The van der Waals surface area contributed by atoms with E-state index in [0.717, 1.165) is 23.1 Å². The predicted molar refractivity (Wildman–Crippen MR) is 79.9 cm³/mol. The standard InChI is InChI=1S/C14H16BrNS/c1-3-11-7-8-12(17-11)9-16-13-6-4-5-10(2)14(13)15/h4-8,16H,3,9H2,1-2H3. The topological polar surface area (TPSA) is 12.0 Å². The lowest BCUT2D eigenvalue weighted by atomic mass is 10.2. The van der Waals surface area contributed by atoms with Crippen LogP contribution in [0.15, 0.2) is 34.8 Å². The Labute approximate surface area is 115 Å². The van der Waals surface area contributed by atoms with E-state index >= 15 is 0 Å². The minimum absolute atomic E-state index is 0.896. The molecule has 0 fully saturated rings. The molecule has 2 rings (SSSR count). The van der Waals surface area contributed by atoms with Crippen molar-refractivity contribution in [3.8, 4) is 0 Å². The maximum Gasteiger partial charge on any atom is 0.0494 e. The average molecular weight is 310 g/mol. The second kappa shape index (κ2) is 5.69. The van der Waals surface area contributed by atoms with Gasteiger partial charge >= 0.3 is 0 Å². The highest BCUT2D eigenvalue weighted by atomic mass is 79.9. The molecular weight excluding hydrogens is 294 g/mol. The highest BCUT2D eigenvalue weighted by Gasteiger charge is 2.03. The zero-order valence-corrected chi connectivity index (χ0v) is 12.5. The van der Waals surface area contributed by atoms with E-state index in [2.05, 4.69) is 65.4 Å². The fourth-order valence-electron chi connectivity index (χ4n) is 1.67. The first-order valence-electron chi connectivity index (χ1n) is 5.77. The molecule has 2 aromatic rings. The minimum atomic E-state index is 0.896. The molecule has 17 heavy (non-hydrogen) atoms. The smallest absolute Gasteiger partial charge is 0.0494 e. The van der Waals surface area contributed by atoms with E-state index in [4.69, 9.17) is 0 Å². The molecule has 1 heterocycles. The number of benzene rings is 1. The number of halogens is 1. The van der Waals surface area contributed by atoms with E-state index in [-0.39, 0.29) is 0 Å². The van der Waals surface area contributed by atoms with Crippen molar-refractivity contribution in [1.82, 2.24) is 0 Å². The summed E-state index contributed by atoms with van der Waals surface area (Å²) in [5, 5.41) is 3.47. The van der Waals surface area contributed by atoms with Gasteiger partial charge in [-0.2, -0.15) is 0 Å². The summed E-state index contributed by atoms with van der Waals surface area (Å²) in [6.45, 7) is 5.20. The van der Waals surface area contributed by atoms with Gasteiger partial charge in [-0.05, 0) is 53.0 Å². The van der Waals surface area contributed by atoms with Gasteiger partial charge in [0.05, 0.1) is 0 Å². The zero-order valence-electron chi connectivity index (χ0n) is 10.1. The summed E-state index contributed by atoms with van der Waals surface area (Å²) in [7, 11) is 0. The van der Waals surface area contributed by atoms with Crippen LogP contribution in [0.4, 0.5) is 5.69 Å². The Morgan fingerprint density at radius 1 is 1.18 bits per heavy atom. The van der Waals surface area contributed by atoms with Gasteiger partial charge in [-0.15, -0.1) is 11.3 Å². The van der Waals surface area contributed by atoms with E-state index in [9.17, 15) is 0 Å². The number of hydrogen-bond acceptors (Lipinski definition) is 2. The average Bonchev–Trinajstić information content (AvgIpc) is 2.79. The van der Waals surface area contributed by atoms with Gasteiger partial charge in [-0.25, -0.2) is 0 Å². The SMILES string of the molecule is CCc1ccc(CNc2cccc(C)c2Br)s1. The van der Waals surface area contributed by atoms with Crippen LogP contribution in [0.3, 0.4) is 0 Å². The summed E-state index contributed by atoms with van der Waals surface area (Å²) < 4.78 is 1.16. The molecule has 0 unspecified atom stereocenters. The van der Waals surface area contributed by atoms with Crippen LogP contribution >= 0.6 is 27.3 Å². The van der Waals surface area contributed by atoms with Crippen LogP contribution in [0.25, 0.3) is 0 Å². The summed E-state index contributed by atoms with van der Waals surface area (Å²) in [5.41, 5.74) is 2.42. The lowest BCUT2D eigenvalue weighted by Gasteiger charge is -2.09. The number of hydrogen-bond donors (Lipinski definition) is 1. The van der Waals surface area contributed by atoms with Crippen molar-refractivity contribution in [1.29, 1.82) is 0 Å². The second-order valence-corrected chi connectivity index (χ2v) is 6.06. The van der Waals surface area contributed by atoms with Gasteiger partial charge < -0.3 is 5.32 Å². The molecule has 3 heteroatoms. The number of nitrogens with one attached hydrogen (secondary N) is 1. The van der Waals surface area contributed by atoms with E-state index in [1.165, 1.54) is 15.3 Å². The van der Waals surface area contributed by atoms with Gasteiger partial charge in [0.1, 0.15) is 0 Å². The number of rotatable bonds is 4. The first-order chi connectivity index (χ1) is 8.20. The fourth-order valence-corrected chi connectivity index (χ4v) is 2.98. The Hall–Kier alpha value is -0.800. The van der Waals surface area contributed by atoms with Crippen LogP contribution in [-0.4, -0.2) is 0 Å². The van der Waals surface area contributed by atoms with Gasteiger partial charge in [0.2, 0.25) is 0 Å². The molecule has 0 atom stereocenters. The van der Waals surface area contributed by atoms with Crippen molar-refractivity contribution in [3.05, 3.63) is 50.1 Å². The van der Waals surface area contributed by atoms with Crippen molar-refractivity contribution in [2.24, 2.45) is 0 Å². The molecule has 0 bridgehead atoms. The molecule has 0 aliphatic heterocycles. The Kier molecular flexibility index (Phi) is 4.24. The molecule has 1 nitrogen and oxygen atoms in total. The second-order valence-electron chi connectivity index (χ2n) is 4.01. The van der Waals surface area contributed by atoms with Crippen molar-refractivity contribution in [2.75, 3.05) is 5.32 Å². The number of thiophene rings is 1. The molecule has 0 radical (unpaired) electrons. The van der Waals surface area contributed by atoms with Crippen molar-refractivity contribution >= 4 is 33.0 Å². The van der Waals surface area contributed by atoms with Crippen LogP contribution in [0.1, 0.15) is 22.2 Å². The molecule has 1 aromatic heterocycles. The first kappa shape index (κ1) is 12.7. The third-order valence-corrected chi connectivity index (χ3v) is 4.99. The van der Waals surface area contributed by atoms with Crippen LogP contribution in [-0.2, 0) is 13.0 Å². The molecule has 0 spiro atoms. The van der Waals surface area contributed by atoms with Gasteiger partial charge in [-0.1, -0.05) is 19.1 Å². The van der Waals surface area contributed by atoms with Crippen LogP contribution in [0, 0.1) is 6.92 Å². The lowest BCUT2D eigenvalue weighted by molar-refractivity contribution is 1.18. The quantitative estimate of drug-likeness (QED) is 0.838. The van der Waals surface area contributed by atoms with Crippen molar-refractivity contribution < 1.29 is 0 Å². The molecule has 0 saturated carbocycles. The van der Waals surface area contributed by atoms with Crippen LogP contribution in [0.5, 0.6) is 0 Å². The summed E-state index contributed by atoms with van der Waals surface area (Å²) in [6, 6.07) is 10.7. The molecular formula is C14H16BrNS.